The molecule has 1 saturated heterocycles. The van der Waals surface area contributed by atoms with Crippen molar-refractivity contribution in [3.05, 3.63) is 28.2 Å². The van der Waals surface area contributed by atoms with Crippen LogP contribution in [0.1, 0.15) is 6.92 Å². The Bertz CT molecular complexity index is 454. The van der Waals surface area contributed by atoms with Crippen molar-refractivity contribution in [1.29, 1.82) is 0 Å². The molecule has 0 aliphatic carbocycles. The van der Waals surface area contributed by atoms with E-state index in [4.69, 9.17) is 27.9 Å². The average Bonchev–Trinajstić information content (AvgIpc) is 2.34. The zero-order valence-electron chi connectivity index (χ0n) is 9.87. The molecule has 0 aromatic heterocycles. The smallest absolute Gasteiger partial charge is 0.244 e. The summed E-state index contributed by atoms with van der Waals surface area (Å²) in [5.41, 5.74) is 0.619. The molecule has 98 valence electrons. The van der Waals surface area contributed by atoms with Crippen LogP contribution in [0.5, 0.6) is 0 Å². The van der Waals surface area contributed by atoms with Gasteiger partial charge in [-0.1, -0.05) is 23.2 Å². The quantitative estimate of drug-likeness (QED) is 0.878. The Kier molecular flexibility index (Phi) is 4.45. The van der Waals surface area contributed by atoms with Crippen molar-refractivity contribution in [2.24, 2.45) is 0 Å². The van der Waals surface area contributed by atoms with Gasteiger partial charge in [-0.15, -0.1) is 0 Å². The van der Waals surface area contributed by atoms with Gasteiger partial charge in [0.15, 0.2) is 0 Å². The van der Waals surface area contributed by atoms with Crippen molar-refractivity contribution in [2.75, 3.05) is 18.5 Å². The van der Waals surface area contributed by atoms with E-state index in [1.165, 1.54) is 0 Å². The Hall–Kier alpha value is -0.810. The predicted molar refractivity (Wildman–Crippen MR) is 72.3 cm³/mol. The summed E-state index contributed by atoms with van der Waals surface area (Å²) in [6, 6.07) is 4.62. The van der Waals surface area contributed by atoms with Crippen LogP contribution in [0.4, 0.5) is 5.69 Å². The maximum atomic E-state index is 12.0. The van der Waals surface area contributed by atoms with Gasteiger partial charge in [0, 0.05) is 12.2 Å². The molecule has 1 fully saturated rings. The van der Waals surface area contributed by atoms with Crippen molar-refractivity contribution in [1.82, 2.24) is 5.32 Å². The number of rotatable bonds is 2. The summed E-state index contributed by atoms with van der Waals surface area (Å²) in [6.07, 6.45) is -0.151. The number of benzene rings is 1. The first-order valence-corrected chi connectivity index (χ1v) is 6.44. The topological polar surface area (TPSA) is 50.4 Å². The standard InChI is InChI=1S/C12H14Cl2N2O2/c1-7-11(15-4-5-18-7)12(17)16-8-2-3-9(13)10(14)6-8/h2-3,6-7,11,15H,4-5H2,1H3,(H,16,17)/t7-,11+/m1/s1. The lowest BCUT2D eigenvalue weighted by Crippen LogP contribution is -2.53. The SMILES string of the molecule is C[C@H]1OCCN[C@@H]1C(=O)Nc1ccc(Cl)c(Cl)c1. The van der Waals surface area contributed by atoms with Gasteiger partial charge in [0.05, 0.1) is 22.8 Å². The second-order valence-electron chi connectivity index (χ2n) is 4.13. The van der Waals surface area contributed by atoms with Crippen molar-refractivity contribution in [3.63, 3.8) is 0 Å². The van der Waals surface area contributed by atoms with Crippen molar-refractivity contribution < 1.29 is 9.53 Å². The van der Waals surface area contributed by atoms with E-state index in [-0.39, 0.29) is 18.1 Å². The molecule has 6 heteroatoms. The maximum Gasteiger partial charge on any atom is 0.244 e. The Morgan fingerprint density at radius 1 is 1.44 bits per heavy atom. The molecule has 4 nitrogen and oxygen atoms in total. The zero-order valence-corrected chi connectivity index (χ0v) is 11.4. The first-order valence-electron chi connectivity index (χ1n) is 5.69. The number of hydrogen-bond donors (Lipinski definition) is 2. The number of amides is 1. The van der Waals surface area contributed by atoms with E-state index in [2.05, 4.69) is 10.6 Å². The number of morpholine rings is 1. The second-order valence-corrected chi connectivity index (χ2v) is 4.94. The highest BCUT2D eigenvalue weighted by atomic mass is 35.5. The molecule has 0 spiro atoms. The van der Waals surface area contributed by atoms with E-state index >= 15 is 0 Å². The molecule has 0 bridgehead atoms. The normalized spacial score (nSPS) is 23.7. The molecule has 1 aliphatic rings. The van der Waals surface area contributed by atoms with Gasteiger partial charge < -0.3 is 15.4 Å². The third-order valence-electron chi connectivity index (χ3n) is 2.79. The maximum absolute atomic E-state index is 12.0. The van der Waals surface area contributed by atoms with Gasteiger partial charge in [-0.25, -0.2) is 0 Å². The summed E-state index contributed by atoms with van der Waals surface area (Å²) < 4.78 is 5.42. The molecule has 0 unspecified atom stereocenters. The van der Waals surface area contributed by atoms with Gasteiger partial charge in [0.2, 0.25) is 5.91 Å². The fraction of sp³-hybridized carbons (Fsp3) is 0.417. The fourth-order valence-electron chi connectivity index (χ4n) is 1.82. The number of carbonyl (C=O) groups excluding carboxylic acids is 1. The molecule has 1 aromatic carbocycles. The van der Waals surface area contributed by atoms with Crippen LogP contribution in [0.2, 0.25) is 10.0 Å². The lowest BCUT2D eigenvalue weighted by Gasteiger charge is -2.29. The molecule has 1 heterocycles. The van der Waals surface area contributed by atoms with Crippen molar-refractivity contribution in [2.45, 2.75) is 19.1 Å². The van der Waals surface area contributed by atoms with Crippen LogP contribution in [0.15, 0.2) is 18.2 Å². The van der Waals surface area contributed by atoms with Gasteiger partial charge in [-0.3, -0.25) is 4.79 Å². The molecule has 1 amide bonds. The van der Waals surface area contributed by atoms with Crippen LogP contribution in [0, 0.1) is 0 Å². The number of halogens is 2. The highest BCUT2D eigenvalue weighted by molar-refractivity contribution is 6.42. The van der Waals surface area contributed by atoms with Crippen LogP contribution in [-0.2, 0) is 9.53 Å². The summed E-state index contributed by atoms with van der Waals surface area (Å²) in [5, 5.41) is 6.78. The van der Waals surface area contributed by atoms with E-state index in [1.54, 1.807) is 18.2 Å². The van der Waals surface area contributed by atoms with Crippen molar-refractivity contribution in [3.8, 4) is 0 Å². The van der Waals surface area contributed by atoms with Gasteiger partial charge >= 0.3 is 0 Å². The molecule has 0 radical (unpaired) electrons. The lowest BCUT2D eigenvalue weighted by atomic mass is 10.1. The number of nitrogens with one attached hydrogen (secondary N) is 2. The van der Waals surface area contributed by atoms with E-state index in [9.17, 15) is 4.79 Å². The van der Waals surface area contributed by atoms with Crippen LogP contribution >= 0.6 is 23.2 Å². The first-order chi connectivity index (χ1) is 8.58. The lowest BCUT2D eigenvalue weighted by molar-refractivity contribution is -0.123. The molecular formula is C12H14Cl2N2O2. The predicted octanol–water partition coefficient (Wildman–Crippen LogP) is 2.31. The molecule has 2 atom stereocenters. The first kappa shape index (κ1) is 13.6. The molecule has 1 aliphatic heterocycles. The fourth-order valence-corrected chi connectivity index (χ4v) is 2.12. The summed E-state index contributed by atoms with van der Waals surface area (Å²) in [4.78, 5) is 12.0. The van der Waals surface area contributed by atoms with E-state index in [0.29, 0.717) is 28.9 Å². The number of hydrogen-bond acceptors (Lipinski definition) is 3. The molecule has 2 N–H and O–H groups in total. The second kappa shape index (κ2) is 5.89. The van der Waals surface area contributed by atoms with E-state index in [0.717, 1.165) is 0 Å². The Labute approximate surface area is 116 Å². The molecule has 0 saturated carbocycles. The third-order valence-corrected chi connectivity index (χ3v) is 3.53. The minimum atomic E-state index is -0.354. The number of ether oxygens (including phenoxy) is 1. The van der Waals surface area contributed by atoms with Crippen LogP contribution < -0.4 is 10.6 Å². The summed E-state index contributed by atoms with van der Waals surface area (Å²) >= 11 is 11.7. The average molecular weight is 289 g/mol. The van der Waals surface area contributed by atoms with E-state index < -0.39 is 0 Å². The molecule has 18 heavy (non-hydrogen) atoms. The summed E-state index contributed by atoms with van der Waals surface area (Å²) in [5.74, 6) is -0.138. The van der Waals surface area contributed by atoms with Gasteiger partial charge in [-0.2, -0.15) is 0 Å². The third kappa shape index (κ3) is 3.14. The largest absolute Gasteiger partial charge is 0.375 e. The van der Waals surface area contributed by atoms with Gasteiger partial charge in [0.1, 0.15) is 6.04 Å². The Balaban J connectivity index is 2.04. The van der Waals surface area contributed by atoms with Gasteiger partial charge in [0.25, 0.3) is 0 Å². The Morgan fingerprint density at radius 2 is 2.22 bits per heavy atom. The van der Waals surface area contributed by atoms with E-state index in [1.807, 2.05) is 6.92 Å². The summed E-state index contributed by atoms with van der Waals surface area (Å²) in [6.45, 7) is 3.16. The van der Waals surface area contributed by atoms with Crippen LogP contribution in [-0.4, -0.2) is 31.2 Å². The highest BCUT2D eigenvalue weighted by Crippen LogP contribution is 2.25. The molecule has 2 rings (SSSR count). The number of carbonyl (C=O) groups is 1. The number of anilines is 1. The summed E-state index contributed by atoms with van der Waals surface area (Å²) in [7, 11) is 0. The molecule has 1 aromatic rings. The minimum Gasteiger partial charge on any atom is -0.375 e. The Morgan fingerprint density at radius 3 is 2.89 bits per heavy atom. The van der Waals surface area contributed by atoms with Crippen LogP contribution in [0.3, 0.4) is 0 Å². The highest BCUT2D eigenvalue weighted by Gasteiger charge is 2.28. The monoisotopic (exact) mass is 288 g/mol. The molecular weight excluding hydrogens is 275 g/mol. The van der Waals surface area contributed by atoms with Crippen LogP contribution in [0.25, 0.3) is 0 Å². The van der Waals surface area contributed by atoms with Crippen molar-refractivity contribution >= 4 is 34.8 Å². The minimum absolute atomic E-state index is 0.138. The zero-order chi connectivity index (χ0) is 13.1. The van der Waals surface area contributed by atoms with Gasteiger partial charge in [-0.05, 0) is 25.1 Å².